The van der Waals surface area contributed by atoms with E-state index in [1.807, 2.05) is 34.2 Å². The second-order valence-electron chi connectivity index (χ2n) is 6.08. The molecule has 4 aromatic rings. The number of carbonyl (C=O) groups excluding carboxylic acids is 1. The van der Waals surface area contributed by atoms with Gasteiger partial charge in [-0.25, -0.2) is 9.37 Å². The number of fused-ring (bicyclic) bond motifs is 1. The van der Waals surface area contributed by atoms with Gasteiger partial charge in [0, 0.05) is 35.5 Å². The Kier molecular flexibility index (Phi) is 4.93. The van der Waals surface area contributed by atoms with Gasteiger partial charge >= 0.3 is 0 Å². The first-order chi connectivity index (χ1) is 13.2. The number of carbonyl (C=O) groups is 1. The molecule has 0 aliphatic rings. The van der Waals surface area contributed by atoms with Gasteiger partial charge in [-0.15, -0.1) is 11.3 Å². The lowest BCUT2D eigenvalue weighted by Crippen LogP contribution is -2.23. The highest BCUT2D eigenvalue weighted by Crippen LogP contribution is 2.26. The third kappa shape index (κ3) is 3.88. The Balaban J connectivity index is 1.42. The lowest BCUT2D eigenvalue weighted by molar-refractivity contribution is -0.121. The molecule has 0 aliphatic heterocycles. The van der Waals surface area contributed by atoms with Crippen LogP contribution >= 0.6 is 11.3 Å². The van der Waals surface area contributed by atoms with Crippen LogP contribution < -0.4 is 5.32 Å². The number of nitrogens with one attached hydrogen (secondary N) is 1. The number of hydrogen-bond acceptors (Lipinski definition) is 4. The normalized spacial score (nSPS) is 11.0. The zero-order valence-electron chi connectivity index (χ0n) is 14.4. The highest BCUT2D eigenvalue weighted by molar-refractivity contribution is 7.15. The molecule has 3 aromatic heterocycles. The number of thiazole rings is 1. The fourth-order valence-corrected chi connectivity index (χ4v) is 3.74. The van der Waals surface area contributed by atoms with Gasteiger partial charge in [0.05, 0.1) is 17.9 Å². The fourth-order valence-electron chi connectivity index (χ4n) is 2.83. The zero-order valence-corrected chi connectivity index (χ0v) is 15.2. The van der Waals surface area contributed by atoms with E-state index in [-0.39, 0.29) is 11.7 Å². The summed E-state index contributed by atoms with van der Waals surface area (Å²) in [5.74, 6) is -0.326. The van der Waals surface area contributed by atoms with Crippen LogP contribution in [0.3, 0.4) is 0 Å². The number of halogens is 1. The van der Waals surface area contributed by atoms with Crippen molar-refractivity contribution in [2.45, 2.75) is 19.4 Å². The Morgan fingerprint density at radius 1 is 1.19 bits per heavy atom. The number of imidazole rings is 1. The van der Waals surface area contributed by atoms with Gasteiger partial charge in [0.15, 0.2) is 4.96 Å². The predicted octanol–water partition coefficient (Wildman–Crippen LogP) is 3.85. The minimum absolute atomic E-state index is 0.0329. The zero-order chi connectivity index (χ0) is 18.6. The summed E-state index contributed by atoms with van der Waals surface area (Å²) in [4.78, 5) is 21.6. The molecule has 1 aromatic carbocycles. The maximum atomic E-state index is 14.0. The van der Waals surface area contributed by atoms with Crippen LogP contribution in [0.1, 0.15) is 17.8 Å². The van der Waals surface area contributed by atoms with E-state index < -0.39 is 0 Å². The summed E-state index contributed by atoms with van der Waals surface area (Å²) in [6.07, 6.45) is 4.48. The topological polar surface area (TPSA) is 59.3 Å². The quantitative estimate of drug-likeness (QED) is 0.553. The molecular weight excluding hydrogens is 363 g/mol. The molecule has 1 amide bonds. The predicted molar refractivity (Wildman–Crippen MR) is 103 cm³/mol. The molecule has 0 fully saturated rings. The number of amides is 1. The van der Waals surface area contributed by atoms with Crippen molar-refractivity contribution in [3.05, 3.63) is 77.4 Å². The van der Waals surface area contributed by atoms with Crippen LogP contribution in [0.15, 0.2) is 60.2 Å². The van der Waals surface area contributed by atoms with Crippen LogP contribution in [0.5, 0.6) is 0 Å². The summed E-state index contributed by atoms with van der Waals surface area (Å²) in [6.45, 7) is 0.418. The highest BCUT2D eigenvalue weighted by atomic mass is 32.1. The van der Waals surface area contributed by atoms with E-state index in [0.717, 1.165) is 16.3 Å². The molecule has 4 rings (SSSR count). The standard InChI is InChI=1S/C20H17FN4OS/c21-17-7-2-1-6-16(17)18-12-25-15(13-27-20(25)24-18)8-9-19(26)23-11-14-5-3-4-10-22-14/h1-7,10,12-13H,8-9,11H2,(H,23,26). The van der Waals surface area contributed by atoms with E-state index in [1.54, 1.807) is 24.4 Å². The molecule has 1 N–H and O–H groups in total. The highest BCUT2D eigenvalue weighted by Gasteiger charge is 2.13. The summed E-state index contributed by atoms with van der Waals surface area (Å²) in [5.41, 5.74) is 2.89. The van der Waals surface area contributed by atoms with Gasteiger partial charge < -0.3 is 5.32 Å². The van der Waals surface area contributed by atoms with Crippen molar-refractivity contribution in [3.8, 4) is 11.3 Å². The van der Waals surface area contributed by atoms with Gasteiger partial charge in [-0.05, 0) is 30.7 Å². The van der Waals surface area contributed by atoms with Crippen molar-refractivity contribution >= 4 is 22.2 Å². The van der Waals surface area contributed by atoms with Crippen LogP contribution in [-0.2, 0) is 17.8 Å². The van der Waals surface area contributed by atoms with Crippen LogP contribution in [0, 0.1) is 5.82 Å². The molecule has 0 atom stereocenters. The number of nitrogens with zero attached hydrogens (tertiary/aromatic N) is 3. The number of hydrogen-bond donors (Lipinski definition) is 1. The second-order valence-corrected chi connectivity index (χ2v) is 6.92. The third-order valence-electron chi connectivity index (χ3n) is 4.23. The summed E-state index contributed by atoms with van der Waals surface area (Å²) >= 11 is 1.48. The molecule has 136 valence electrons. The maximum absolute atomic E-state index is 14.0. The van der Waals surface area contributed by atoms with Crippen molar-refractivity contribution < 1.29 is 9.18 Å². The minimum atomic E-state index is -0.293. The number of aromatic nitrogens is 3. The van der Waals surface area contributed by atoms with Crippen molar-refractivity contribution in [2.24, 2.45) is 0 Å². The molecule has 27 heavy (non-hydrogen) atoms. The Labute approximate surface area is 159 Å². The molecule has 3 heterocycles. The minimum Gasteiger partial charge on any atom is -0.350 e. The molecule has 0 saturated heterocycles. The van der Waals surface area contributed by atoms with Crippen LogP contribution in [-0.4, -0.2) is 20.3 Å². The van der Waals surface area contributed by atoms with E-state index in [1.165, 1.54) is 17.4 Å². The lowest BCUT2D eigenvalue weighted by Gasteiger charge is -2.04. The van der Waals surface area contributed by atoms with Gasteiger partial charge in [-0.1, -0.05) is 18.2 Å². The molecular formula is C20H17FN4OS. The van der Waals surface area contributed by atoms with Gasteiger partial charge in [-0.2, -0.15) is 0 Å². The van der Waals surface area contributed by atoms with E-state index in [4.69, 9.17) is 0 Å². The number of benzene rings is 1. The Hall–Kier alpha value is -3.06. The average Bonchev–Trinajstić information content (AvgIpc) is 3.27. The molecule has 0 spiro atoms. The van der Waals surface area contributed by atoms with E-state index >= 15 is 0 Å². The number of rotatable bonds is 6. The van der Waals surface area contributed by atoms with E-state index in [0.29, 0.717) is 30.6 Å². The summed E-state index contributed by atoms with van der Waals surface area (Å²) in [6, 6.07) is 12.2. The van der Waals surface area contributed by atoms with Crippen molar-refractivity contribution in [1.29, 1.82) is 0 Å². The average molecular weight is 380 g/mol. The molecule has 0 radical (unpaired) electrons. The lowest BCUT2D eigenvalue weighted by atomic mass is 10.1. The SMILES string of the molecule is O=C(CCc1csc2nc(-c3ccccc3F)cn12)NCc1ccccn1. The van der Waals surface area contributed by atoms with Gasteiger partial charge in [0.25, 0.3) is 0 Å². The monoisotopic (exact) mass is 380 g/mol. The van der Waals surface area contributed by atoms with E-state index in [9.17, 15) is 9.18 Å². The van der Waals surface area contributed by atoms with Crippen LogP contribution in [0.25, 0.3) is 16.2 Å². The maximum Gasteiger partial charge on any atom is 0.220 e. The summed E-state index contributed by atoms with van der Waals surface area (Å²) < 4.78 is 15.9. The number of aryl methyl sites for hydroxylation is 1. The van der Waals surface area contributed by atoms with Gasteiger partial charge in [0.2, 0.25) is 5.91 Å². The van der Waals surface area contributed by atoms with Crippen molar-refractivity contribution in [2.75, 3.05) is 0 Å². The van der Waals surface area contributed by atoms with E-state index in [2.05, 4.69) is 15.3 Å². The Morgan fingerprint density at radius 3 is 2.85 bits per heavy atom. The summed E-state index contributed by atoms with van der Waals surface area (Å²) in [7, 11) is 0. The molecule has 5 nitrogen and oxygen atoms in total. The van der Waals surface area contributed by atoms with Crippen molar-refractivity contribution in [3.63, 3.8) is 0 Å². The molecule has 0 aliphatic carbocycles. The molecule has 0 bridgehead atoms. The smallest absolute Gasteiger partial charge is 0.220 e. The second kappa shape index (κ2) is 7.67. The molecule has 0 saturated carbocycles. The van der Waals surface area contributed by atoms with Crippen LogP contribution in [0.2, 0.25) is 0 Å². The Bertz CT molecular complexity index is 1070. The first-order valence-corrected chi connectivity index (χ1v) is 9.45. The van der Waals surface area contributed by atoms with Crippen molar-refractivity contribution in [1.82, 2.24) is 19.7 Å². The number of pyridine rings is 1. The Morgan fingerprint density at radius 2 is 2.04 bits per heavy atom. The van der Waals surface area contributed by atoms with Gasteiger partial charge in [-0.3, -0.25) is 14.2 Å². The van der Waals surface area contributed by atoms with Gasteiger partial charge in [0.1, 0.15) is 5.82 Å². The van der Waals surface area contributed by atoms with Crippen LogP contribution in [0.4, 0.5) is 4.39 Å². The summed E-state index contributed by atoms with van der Waals surface area (Å²) in [5, 5.41) is 4.86. The molecule has 7 heteroatoms. The fraction of sp³-hybridized carbons (Fsp3) is 0.150. The first kappa shape index (κ1) is 17.4. The first-order valence-electron chi connectivity index (χ1n) is 8.57. The molecule has 0 unspecified atom stereocenters. The largest absolute Gasteiger partial charge is 0.350 e. The third-order valence-corrected chi connectivity index (χ3v) is 5.12.